The molecule has 1 aliphatic rings. The minimum absolute atomic E-state index is 0.0746. The van der Waals surface area contributed by atoms with Gasteiger partial charge in [-0.15, -0.1) is 0 Å². The van der Waals surface area contributed by atoms with Crippen LogP contribution in [0.4, 0.5) is 0 Å². The zero-order valence-electron chi connectivity index (χ0n) is 17.1. The summed E-state index contributed by atoms with van der Waals surface area (Å²) < 4.78 is 7.74. The highest BCUT2D eigenvalue weighted by Crippen LogP contribution is 2.38. The molecule has 2 aromatic carbocycles. The predicted molar refractivity (Wildman–Crippen MR) is 117 cm³/mol. The first-order valence-electron chi connectivity index (χ1n) is 10.2. The standard InChI is InChI=1S/C25H27NO3/c1-16(2)26-22-7-5-4-6-21(22)25(18-10-8-17(3)9-11-18)23(26)13-12-20-14-19(27)15-24(28)29-20/h4-13,16,19-20,27H,14-15H2,1-3H3/b13-12+. The zero-order chi connectivity index (χ0) is 20.5. The van der Waals surface area contributed by atoms with Gasteiger partial charge in [0.25, 0.3) is 0 Å². The fourth-order valence-corrected chi connectivity index (χ4v) is 4.15. The molecule has 150 valence electrons. The maximum Gasteiger partial charge on any atom is 0.309 e. The fraction of sp³-hybridized carbons (Fsp3) is 0.320. The van der Waals surface area contributed by atoms with E-state index in [2.05, 4.69) is 73.9 Å². The summed E-state index contributed by atoms with van der Waals surface area (Å²) in [6.07, 6.45) is 3.42. The maximum absolute atomic E-state index is 11.7. The fourth-order valence-electron chi connectivity index (χ4n) is 4.15. The van der Waals surface area contributed by atoms with Crippen LogP contribution in [-0.4, -0.2) is 27.9 Å². The minimum atomic E-state index is -0.640. The van der Waals surface area contributed by atoms with Crippen LogP contribution in [0.3, 0.4) is 0 Å². The SMILES string of the molecule is Cc1ccc(-c2c(/C=C/C3CC(O)CC(=O)O3)n(C(C)C)c3ccccc23)cc1. The Hall–Kier alpha value is -2.85. The largest absolute Gasteiger partial charge is 0.458 e. The van der Waals surface area contributed by atoms with Crippen LogP contribution < -0.4 is 0 Å². The summed E-state index contributed by atoms with van der Waals surface area (Å²) in [5.41, 5.74) is 5.82. The number of hydrogen-bond donors (Lipinski definition) is 1. The van der Waals surface area contributed by atoms with Crippen LogP contribution in [0.2, 0.25) is 0 Å². The topological polar surface area (TPSA) is 51.5 Å². The molecular weight excluding hydrogens is 362 g/mol. The molecule has 2 heterocycles. The molecule has 0 saturated carbocycles. The van der Waals surface area contributed by atoms with Crippen molar-refractivity contribution >= 4 is 22.9 Å². The van der Waals surface area contributed by atoms with Crippen molar-refractivity contribution in [1.29, 1.82) is 0 Å². The van der Waals surface area contributed by atoms with Gasteiger partial charge in [-0.2, -0.15) is 0 Å². The third kappa shape index (κ3) is 3.85. The van der Waals surface area contributed by atoms with Gasteiger partial charge in [0.1, 0.15) is 6.10 Å². The lowest BCUT2D eigenvalue weighted by Gasteiger charge is -2.23. The highest BCUT2D eigenvalue weighted by molar-refractivity contribution is 6.01. The normalized spacial score (nSPS) is 20.0. The van der Waals surface area contributed by atoms with Gasteiger partial charge in [-0.05, 0) is 44.6 Å². The Morgan fingerprint density at radius 3 is 2.55 bits per heavy atom. The van der Waals surface area contributed by atoms with Crippen molar-refractivity contribution in [3.8, 4) is 11.1 Å². The molecule has 0 amide bonds. The average molecular weight is 389 g/mol. The Labute approximate surface area is 171 Å². The van der Waals surface area contributed by atoms with Gasteiger partial charge in [0, 0.05) is 34.6 Å². The first-order chi connectivity index (χ1) is 13.9. The van der Waals surface area contributed by atoms with Crippen molar-refractivity contribution in [2.24, 2.45) is 0 Å². The highest BCUT2D eigenvalue weighted by atomic mass is 16.5. The number of benzene rings is 2. The van der Waals surface area contributed by atoms with Crippen LogP contribution in [0.15, 0.2) is 54.6 Å². The zero-order valence-corrected chi connectivity index (χ0v) is 17.1. The number of carbonyl (C=O) groups excluding carboxylic acids is 1. The van der Waals surface area contributed by atoms with Gasteiger partial charge in [0.15, 0.2) is 0 Å². The lowest BCUT2D eigenvalue weighted by Crippen LogP contribution is -2.31. The number of esters is 1. The van der Waals surface area contributed by atoms with Crippen molar-refractivity contribution in [1.82, 2.24) is 4.57 Å². The number of nitrogens with zero attached hydrogens (tertiary/aromatic N) is 1. The molecule has 1 aliphatic heterocycles. The molecule has 2 unspecified atom stereocenters. The molecule has 1 aromatic heterocycles. The van der Waals surface area contributed by atoms with E-state index in [4.69, 9.17) is 4.74 Å². The summed E-state index contributed by atoms with van der Waals surface area (Å²) in [6.45, 7) is 6.44. The second kappa shape index (κ2) is 7.88. The quantitative estimate of drug-likeness (QED) is 0.618. The van der Waals surface area contributed by atoms with Gasteiger partial charge in [0.05, 0.1) is 12.5 Å². The van der Waals surface area contributed by atoms with E-state index >= 15 is 0 Å². The number of ether oxygens (including phenoxy) is 1. The highest BCUT2D eigenvalue weighted by Gasteiger charge is 2.26. The van der Waals surface area contributed by atoms with Crippen LogP contribution in [0.1, 0.15) is 44.0 Å². The number of aryl methyl sites for hydroxylation is 1. The van der Waals surface area contributed by atoms with Gasteiger partial charge < -0.3 is 14.4 Å². The van der Waals surface area contributed by atoms with E-state index in [1.54, 1.807) is 0 Å². The van der Waals surface area contributed by atoms with Crippen molar-refractivity contribution < 1.29 is 14.6 Å². The molecular formula is C25H27NO3. The summed E-state index contributed by atoms with van der Waals surface area (Å²) in [4.78, 5) is 11.7. The van der Waals surface area contributed by atoms with Gasteiger partial charge >= 0.3 is 5.97 Å². The number of rotatable bonds is 4. The number of aliphatic hydroxyl groups excluding tert-OH is 1. The monoisotopic (exact) mass is 389 g/mol. The summed E-state index contributed by atoms with van der Waals surface area (Å²) in [7, 11) is 0. The molecule has 0 spiro atoms. The molecule has 0 bridgehead atoms. The van der Waals surface area contributed by atoms with Crippen LogP contribution in [0.5, 0.6) is 0 Å². The van der Waals surface area contributed by atoms with E-state index in [1.165, 1.54) is 22.0 Å². The molecule has 4 nitrogen and oxygen atoms in total. The van der Waals surface area contributed by atoms with Gasteiger partial charge in [-0.25, -0.2) is 0 Å². The van der Waals surface area contributed by atoms with Crippen LogP contribution in [0.25, 0.3) is 28.1 Å². The van der Waals surface area contributed by atoms with Crippen LogP contribution >= 0.6 is 0 Å². The Bertz CT molecular complexity index is 1060. The lowest BCUT2D eigenvalue weighted by atomic mass is 9.99. The molecule has 2 atom stereocenters. The van der Waals surface area contributed by atoms with Crippen molar-refractivity contribution in [2.75, 3.05) is 0 Å². The van der Waals surface area contributed by atoms with Crippen molar-refractivity contribution in [3.63, 3.8) is 0 Å². The number of aliphatic hydroxyl groups is 1. The molecule has 3 aromatic rings. The summed E-state index contributed by atoms with van der Waals surface area (Å²) in [5, 5.41) is 11.1. The van der Waals surface area contributed by atoms with Crippen molar-refractivity contribution in [3.05, 3.63) is 65.9 Å². The number of fused-ring (bicyclic) bond motifs is 1. The second-order valence-corrected chi connectivity index (χ2v) is 8.09. The Morgan fingerprint density at radius 2 is 1.86 bits per heavy atom. The summed E-state index contributed by atoms with van der Waals surface area (Å²) in [5.74, 6) is -0.346. The molecule has 1 saturated heterocycles. The number of cyclic esters (lactones) is 1. The molecule has 1 N–H and O–H groups in total. The van der Waals surface area contributed by atoms with Crippen LogP contribution in [-0.2, 0) is 9.53 Å². The average Bonchev–Trinajstić information content (AvgIpc) is 3.00. The summed E-state index contributed by atoms with van der Waals surface area (Å²) in [6, 6.07) is 17.3. The van der Waals surface area contributed by atoms with E-state index in [0.717, 1.165) is 11.3 Å². The first-order valence-corrected chi connectivity index (χ1v) is 10.2. The molecule has 4 heteroatoms. The third-order valence-corrected chi connectivity index (χ3v) is 5.46. The molecule has 1 fully saturated rings. The summed E-state index contributed by atoms with van der Waals surface area (Å²) >= 11 is 0. The minimum Gasteiger partial charge on any atom is -0.458 e. The Morgan fingerprint density at radius 1 is 1.14 bits per heavy atom. The van der Waals surface area contributed by atoms with E-state index in [-0.39, 0.29) is 18.4 Å². The van der Waals surface area contributed by atoms with Crippen LogP contribution in [0, 0.1) is 6.92 Å². The van der Waals surface area contributed by atoms with E-state index in [1.807, 2.05) is 12.2 Å². The number of para-hydroxylation sites is 1. The van der Waals surface area contributed by atoms with Gasteiger partial charge in [-0.1, -0.05) is 48.0 Å². The number of aromatic nitrogens is 1. The van der Waals surface area contributed by atoms with Crippen molar-refractivity contribution in [2.45, 2.75) is 51.9 Å². The number of hydrogen-bond acceptors (Lipinski definition) is 3. The van der Waals surface area contributed by atoms with E-state index in [0.29, 0.717) is 6.42 Å². The molecule has 0 aliphatic carbocycles. The predicted octanol–water partition coefficient (Wildman–Crippen LogP) is 5.28. The smallest absolute Gasteiger partial charge is 0.309 e. The lowest BCUT2D eigenvalue weighted by molar-refractivity contribution is -0.156. The maximum atomic E-state index is 11.7. The Balaban J connectivity index is 1.88. The van der Waals surface area contributed by atoms with Gasteiger partial charge in [0.2, 0.25) is 0 Å². The third-order valence-electron chi connectivity index (χ3n) is 5.46. The molecule has 29 heavy (non-hydrogen) atoms. The van der Waals surface area contributed by atoms with E-state index < -0.39 is 12.2 Å². The van der Waals surface area contributed by atoms with E-state index in [9.17, 15) is 9.90 Å². The molecule has 0 radical (unpaired) electrons. The first kappa shape index (κ1) is 19.5. The Kier molecular flexibility index (Phi) is 5.29. The van der Waals surface area contributed by atoms with Gasteiger partial charge in [-0.3, -0.25) is 4.79 Å². The number of carbonyl (C=O) groups is 1. The molecule has 4 rings (SSSR count). The second-order valence-electron chi connectivity index (χ2n) is 8.09.